The Bertz CT molecular complexity index is 534. The number of nitrogens with zero attached hydrogens (tertiary/aromatic N) is 1. The zero-order valence-electron chi connectivity index (χ0n) is 11.6. The van der Waals surface area contributed by atoms with Crippen molar-refractivity contribution in [2.24, 2.45) is 17.6 Å². The molecular weight excluding hydrogens is 257 g/mol. The molecule has 0 aliphatic carbocycles. The van der Waals surface area contributed by atoms with Gasteiger partial charge in [0.1, 0.15) is 5.82 Å². The van der Waals surface area contributed by atoms with Gasteiger partial charge in [0.2, 0.25) is 5.91 Å². The first-order chi connectivity index (χ1) is 9.61. The highest BCUT2D eigenvalue weighted by Gasteiger charge is 2.43. The predicted molar refractivity (Wildman–Crippen MR) is 76.2 cm³/mol. The summed E-state index contributed by atoms with van der Waals surface area (Å²) in [5.41, 5.74) is 6.00. The van der Waals surface area contributed by atoms with Crippen LogP contribution in [0.2, 0.25) is 0 Å². The van der Waals surface area contributed by atoms with Gasteiger partial charge in [0.15, 0.2) is 0 Å². The first-order valence-corrected chi connectivity index (χ1v) is 7.18. The summed E-state index contributed by atoms with van der Waals surface area (Å²) in [5.74, 6) is 0.239. The van der Waals surface area contributed by atoms with Crippen LogP contribution in [0, 0.1) is 17.7 Å². The summed E-state index contributed by atoms with van der Waals surface area (Å²) >= 11 is 0. The van der Waals surface area contributed by atoms with E-state index in [1.165, 1.54) is 6.07 Å². The number of hydrogen-bond acceptors (Lipinski definition) is 3. The number of amides is 1. The van der Waals surface area contributed by atoms with Crippen molar-refractivity contribution in [1.82, 2.24) is 5.32 Å². The van der Waals surface area contributed by atoms with Crippen LogP contribution in [0.15, 0.2) is 18.2 Å². The van der Waals surface area contributed by atoms with Crippen LogP contribution in [0.4, 0.5) is 10.1 Å². The molecule has 2 fully saturated rings. The number of rotatable bonds is 3. The third-order valence-corrected chi connectivity index (χ3v) is 4.68. The zero-order chi connectivity index (χ0) is 14.3. The maximum atomic E-state index is 14.3. The summed E-state index contributed by atoms with van der Waals surface area (Å²) in [5, 5.41) is 3.42. The first kappa shape index (κ1) is 13.4. The fourth-order valence-electron chi connectivity index (χ4n) is 3.72. The van der Waals surface area contributed by atoms with Gasteiger partial charge in [-0.15, -0.1) is 0 Å². The largest absolute Gasteiger partial charge is 0.366 e. The molecule has 2 heterocycles. The van der Waals surface area contributed by atoms with Crippen LogP contribution in [0.25, 0.3) is 0 Å². The van der Waals surface area contributed by atoms with Crippen LogP contribution >= 0.6 is 0 Å². The Labute approximate surface area is 118 Å². The third kappa shape index (κ3) is 2.06. The molecule has 1 aromatic carbocycles. The minimum Gasteiger partial charge on any atom is -0.366 e. The highest BCUT2D eigenvalue weighted by Crippen LogP contribution is 2.38. The molecular formula is C15H20FN3O. The van der Waals surface area contributed by atoms with Gasteiger partial charge < -0.3 is 16.0 Å². The van der Waals surface area contributed by atoms with E-state index in [2.05, 4.69) is 17.1 Å². The van der Waals surface area contributed by atoms with Crippen LogP contribution < -0.4 is 16.0 Å². The molecule has 0 saturated carbocycles. The molecule has 1 aromatic rings. The number of hydrogen-bond donors (Lipinski definition) is 2. The lowest BCUT2D eigenvalue weighted by molar-refractivity contribution is 0.1000. The van der Waals surface area contributed by atoms with Crippen LogP contribution in [-0.2, 0) is 0 Å². The van der Waals surface area contributed by atoms with Crippen molar-refractivity contribution >= 4 is 11.6 Å². The van der Waals surface area contributed by atoms with E-state index in [9.17, 15) is 9.18 Å². The lowest BCUT2D eigenvalue weighted by Crippen LogP contribution is -2.35. The molecule has 3 rings (SSSR count). The minimum absolute atomic E-state index is 0.223. The highest BCUT2D eigenvalue weighted by atomic mass is 19.1. The van der Waals surface area contributed by atoms with Gasteiger partial charge in [-0.3, -0.25) is 4.79 Å². The van der Waals surface area contributed by atoms with E-state index in [0.717, 1.165) is 26.1 Å². The minimum atomic E-state index is -0.593. The molecule has 3 N–H and O–H groups in total. The molecule has 108 valence electrons. The summed E-state index contributed by atoms with van der Waals surface area (Å²) in [6.45, 7) is 5.05. The van der Waals surface area contributed by atoms with E-state index in [-0.39, 0.29) is 11.4 Å². The van der Waals surface area contributed by atoms with Crippen molar-refractivity contribution in [1.29, 1.82) is 0 Å². The smallest absolute Gasteiger partial charge is 0.248 e. The van der Waals surface area contributed by atoms with Gasteiger partial charge in [-0.25, -0.2) is 4.39 Å². The fraction of sp³-hybridized carbons (Fsp3) is 0.533. The average Bonchev–Trinajstić information content (AvgIpc) is 2.98. The molecule has 1 amide bonds. The molecule has 5 heteroatoms. The van der Waals surface area contributed by atoms with Gasteiger partial charge in [-0.05, 0) is 36.5 Å². The van der Waals surface area contributed by atoms with E-state index in [1.54, 1.807) is 12.1 Å². The van der Waals surface area contributed by atoms with Crippen molar-refractivity contribution in [3.05, 3.63) is 29.6 Å². The van der Waals surface area contributed by atoms with Crippen molar-refractivity contribution in [3.63, 3.8) is 0 Å². The van der Waals surface area contributed by atoms with E-state index in [0.29, 0.717) is 23.6 Å². The van der Waals surface area contributed by atoms with Crippen molar-refractivity contribution in [2.75, 3.05) is 24.5 Å². The van der Waals surface area contributed by atoms with Crippen LogP contribution in [-0.4, -0.2) is 31.6 Å². The second-order valence-corrected chi connectivity index (χ2v) is 5.74. The molecule has 3 unspecified atom stereocenters. The monoisotopic (exact) mass is 277 g/mol. The number of anilines is 1. The Morgan fingerprint density at radius 3 is 2.95 bits per heavy atom. The van der Waals surface area contributed by atoms with E-state index >= 15 is 0 Å². The van der Waals surface area contributed by atoms with Crippen molar-refractivity contribution in [2.45, 2.75) is 19.4 Å². The van der Waals surface area contributed by atoms with Gasteiger partial charge in [0.25, 0.3) is 0 Å². The quantitative estimate of drug-likeness (QED) is 0.877. The predicted octanol–water partition coefficient (Wildman–Crippen LogP) is 1.36. The number of halogens is 1. The highest BCUT2D eigenvalue weighted by molar-refractivity contribution is 5.93. The molecule has 2 saturated heterocycles. The summed E-state index contributed by atoms with van der Waals surface area (Å²) in [6.07, 6.45) is 1.000. The topological polar surface area (TPSA) is 58.4 Å². The maximum Gasteiger partial charge on any atom is 0.248 e. The summed E-state index contributed by atoms with van der Waals surface area (Å²) in [4.78, 5) is 13.3. The number of primary amides is 1. The number of fused-ring (bicyclic) bond motifs is 1. The molecule has 2 aliphatic heterocycles. The Morgan fingerprint density at radius 1 is 1.50 bits per heavy atom. The van der Waals surface area contributed by atoms with Gasteiger partial charge in [-0.2, -0.15) is 0 Å². The molecule has 3 atom stereocenters. The SMILES string of the molecule is CCC1C2CNCC2CN1c1ccc(C(N)=O)cc1F. The molecule has 0 bridgehead atoms. The number of benzene rings is 1. The normalized spacial score (nSPS) is 28.7. The standard InChI is InChI=1S/C15H20FN3O/c1-2-13-11-7-18-6-10(11)8-19(13)14-4-3-9(15(17)20)5-12(14)16/h3-5,10-11,13,18H,2,6-8H2,1H3,(H2,17,20). The fourth-order valence-corrected chi connectivity index (χ4v) is 3.72. The lowest BCUT2D eigenvalue weighted by Gasteiger charge is -2.29. The third-order valence-electron chi connectivity index (χ3n) is 4.68. The van der Waals surface area contributed by atoms with Crippen LogP contribution in [0.3, 0.4) is 0 Å². The molecule has 0 aromatic heterocycles. The average molecular weight is 277 g/mol. The van der Waals surface area contributed by atoms with E-state index in [4.69, 9.17) is 5.73 Å². The first-order valence-electron chi connectivity index (χ1n) is 7.18. The van der Waals surface area contributed by atoms with Gasteiger partial charge in [-0.1, -0.05) is 6.92 Å². The van der Waals surface area contributed by atoms with Gasteiger partial charge in [0.05, 0.1) is 5.69 Å². The molecule has 0 radical (unpaired) electrons. The van der Waals surface area contributed by atoms with Crippen LogP contribution in [0.5, 0.6) is 0 Å². The second kappa shape index (κ2) is 5.05. The van der Waals surface area contributed by atoms with E-state index < -0.39 is 5.91 Å². The molecule has 4 nitrogen and oxygen atoms in total. The Morgan fingerprint density at radius 2 is 2.30 bits per heavy atom. The summed E-state index contributed by atoms with van der Waals surface area (Å²) in [6, 6.07) is 4.91. The molecule has 2 aliphatic rings. The Balaban J connectivity index is 1.91. The van der Waals surface area contributed by atoms with Gasteiger partial charge >= 0.3 is 0 Å². The Hall–Kier alpha value is -1.62. The van der Waals surface area contributed by atoms with Crippen LogP contribution in [0.1, 0.15) is 23.7 Å². The number of nitrogens with one attached hydrogen (secondary N) is 1. The lowest BCUT2D eigenvalue weighted by atomic mass is 9.93. The number of carbonyl (C=O) groups excluding carboxylic acids is 1. The summed E-state index contributed by atoms with van der Waals surface area (Å²) in [7, 11) is 0. The second-order valence-electron chi connectivity index (χ2n) is 5.74. The number of carbonyl (C=O) groups is 1. The van der Waals surface area contributed by atoms with Crippen molar-refractivity contribution in [3.8, 4) is 0 Å². The zero-order valence-corrected chi connectivity index (χ0v) is 11.6. The number of nitrogens with two attached hydrogens (primary N) is 1. The summed E-state index contributed by atoms with van der Waals surface area (Å²) < 4.78 is 14.3. The Kier molecular flexibility index (Phi) is 3.38. The van der Waals surface area contributed by atoms with Crippen molar-refractivity contribution < 1.29 is 9.18 Å². The molecule has 20 heavy (non-hydrogen) atoms. The van der Waals surface area contributed by atoms with Gasteiger partial charge in [0, 0.05) is 31.2 Å². The van der Waals surface area contributed by atoms with E-state index in [1.807, 2.05) is 0 Å². The maximum absolute atomic E-state index is 14.3. The molecule has 0 spiro atoms.